The summed E-state index contributed by atoms with van der Waals surface area (Å²) in [5, 5.41) is 12.5. The lowest BCUT2D eigenvalue weighted by Gasteiger charge is -2.36. The maximum Gasteiger partial charge on any atom is 0.326 e. The Kier molecular flexibility index (Phi) is 7.36. The van der Waals surface area contributed by atoms with Crippen molar-refractivity contribution in [2.45, 2.75) is 24.3 Å². The van der Waals surface area contributed by atoms with E-state index in [1.807, 2.05) is 91.0 Å². The van der Waals surface area contributed by atoms with Gasteiger partial charge in [0.25, 0.3) is 0 Å². The zero-order valence-electron chi connectivity index (χ0n) is 19.1. The molecule has 0 saturated heterocycles. The molecule has 5 heteroatoms. The first-order valence-electron chi connectivity index (χ1n) is 11.4. The highest BCUT2D eigenvalue weighted by Gasteiger charge is 2.39. The molecule has 0 aliphatic carbocycles. The van der Waals surface area contributed by atoms with Gasteiger partial charge in [-0.2, -0.15) is 0 Å². The Labute approximate surface area is 204 Å². The maximum absolute atomic E-state index is 13.6. The molecule has 4 rings (SSSR count). The van der Waals surface area contributed by atoms with E-state index in [-0.39, 0.29) is 12.8 Å². The smallest absolute Gasteiger partial charge is 0.326 e. The van der Waals surface area contributed by atoms with Crippen LogP contribution in [-0.4, -0.2) is 23.0 Å². The molecule has 0 heterocycles. The molecule has 0 radical (unpaired) electrons. The zero-order valence-corrected chi connectivity index (χ0v) is 19.1. The topological polar surface area (TPSA) is 66.4 Å². The fourth-order valence-electron chi connectivity index (χ4n) is 4.56. The van der Waals surface area contributed by atoms with E-state index in [1.54, 1.807) is 6.07 Å². The maximum atomic E-state index is 13.6. The van der Waals surface area contributed by atoms with Gasteiger partial charge >= 0.3 is 5.97 Å². The van der Waals surface area contributed by atoms with E-state index in [0.717, 1.165) is 16.7 Å². The number of carbonyl (C=O) groups is 2. The quantitative estimate of drug-likeness (QED) is 0.326. The fourth-order valence-corrected chi connectivity index (χ4v) is 4.56. The van der Waals surface area contributed by atoms with Crippen LogP contribution in [-0.2, 0) is 21.4 Å². The second-order valence-electron chi connectivity index (χ2n) is 8.47. The zero-order chi connectivity index (χ0) is 24.7. The Bertz CT molecular complexity index is 1180. The number of amides is 1. The van der Waals surface area contributed by atoms with Gasteiger partial charge in [-0.3, -0.25) is 4.79 Å². The normalized spacial score (nSPS) is 12.0. The number of benzene rings is 4. The number of carboxylic acids is 1. The van der Waals surface area contributed by atoms with Crippen LogP contribution in [0.15, 0.2) is 115 Å². The molecule has 4 aromatic rings. The predicted molar refractivity (Wildman–Crippen MR) is 133 cm³/mol. The van der Waals surface area contributed by atoms with Gasteiger partial charge in [-0.1, -0.05) is 103 Å². The molecule has 2 N–H and O–H groups in total. The molecule has 0 unspecified atom stereocenters. The number of halogens is 1. The van der Waals surface area contributed by atoms with E-state index in [4.69, 9.17) is 0 Å². The third-order valence-corrected chi connectivity index (χ3v) is 6.19. The predicted octanol–water partition coefficient (Wildman–Crippen LogP) is 5.36. The van der Waals surface area contributed by atoms with E-state index < -0.39 is 29.2 Å². The Morgan fingerprint density at radius 3 is 1.66 bits per heavy atom. The summed E-state index contributed by atoms with van der Waals surface area (Å²) in [6.07, 6.45) is -0.0220. The van der Waals surface area contributed by atoms with Gasteiger partial charge in [-0.15, -0.1) is 0 Å². The van der Waals surface area contributed by atoms with Gasteiger partial charge in [-0.05, 0) is 34.4 Å². The Hall–Kier alpha value is -4.25. The standard InChI is InChI=1S/C30H26FNO3/c31-26-18-10-11-22(19-26)20-27(29(34)35)32-28(33)21-30(23-12-4-1-5-13-23,24-14-6-2-7-15-24)25-16-8-3-9-17-25/h1-19,27H,20-21H2,(H,32,33)(H,34,35)/t27-/m0/s1. The molecule has 0 spiro atoms. The number of carboxylic acid groups (broad SMARTS) is 1. The number of carbonyl (C=O) groups excluding carboxylic acids is 1. The highest BCUT2D eigenvalue weighted by molar-refractivity contribution is 5.85. The summed E-state index contributed by atoms with van der Waals surface area (Å²) < 4.78 is 13.6. The van der Waals surface area contributed by atoms with Crippen molar-refractivity contribution in [2.24, 2.45) is 0 Å². The third-order valence-electron chi connectivity index (χ3n) is 6.19. The van der Waals surface area contributed by atoms with Crippen LogP contribution in [0.1, 0.15) is 28.7 Å². The average molecular weight is 468 g/mol. The van der Waals surface area contributed by atoms with Crippen LogP contribution in [0.5, 0.6) is 0 Å². The van der Waals surface area contributed by atoms with Gasteiger partial charge in [0.05, 0.1) is 5.41 Å². The van der Waals surface area contributed by atoms with Crippen molar-refractivity contribution in [3.05, 3.63) is 143 Å². The average Bonchev–Trinajstić information content (AvgIpc) is 2.88. The van der Waals surface area contributed by atoms with Gasteiger partial charge in [0.1, 0.15) is 11.9 Å². The van der Waals surface area contributed by atoms with Crippen LogP contribution in [0.3, 0.4) is 0 Å². The molecule has 1 atom stereocenters. The van der Waals surface area contributed by atoms with E-state index in [9.17, 15) is 19.1 Å². The van der Waals surface area contributed by atoms with Crippen molar-refractivity contribution in [3.8, 4) is 0 Å². The number of rotatable bonds is 9. The molecule has 0 bridgehead atoms. The molecule has 4 aromatic carbocycles. The highest BCUT2D eigenvalue weighted by Crippen LogP contribution is 2.42. The van der Waals surface area contributed by atoms with Crippen LogP contribution < -0.4 is 5.32 Å². The number of aliphatic carboxylic acids is 1. The first kappa shape index (κ1) is 23.9. The third kappa shape index (κ3) is 5.46. The number of hydrogen-bond donors (Lipinski definition) is 2. The van der Waals surface area contributed by atoms with Crippen molar-refractivity contribution in [3.63, 3.8) is 0 Å². The molecule has 0 aliphatic heterocycles. The molecular weight excluding hydrogens is 441 g/mol. The van der Waals surface area contributed by atoms with Gasteiger partial charge in [0.2, 0.25) is 5.91 Å². The van der Waals surface area contributed by atoms with Crippen LogP contribution >= 0.6 is 0 Å². The molecule has 4 nitrogen and oxygen atoms in total. The number of hydrogen-bond acceptors (Lipinski definition) is 2. The first-order chi connectivity index (χ1) is 17.0. The Balaban J connectivity index is 1.73. The molecule has 0 aliphatic rings. The van der Waals surface area contributed by atoms with Crippen LogP contribution in [0.2, 0.25) is 0 Å². The van der Waals surface area contributed by atoms with E-state index >= 15 is 0 Å². The summed E-state index contributed by atoms with van der Waals surface area (Å²) in [7, 11) is 0. The van der Waals surface area contributed by atoms with E-state index in [1.165, 1.54) is 18.2 Å². The monoisotopic (exact) mass is 467 g/mol. The van der Waals surface area contributed by atoms with Crippen molar-refractivity contribution in [1.82, 2.24) is 5.32 Å². The molecule has 1 amide bonds. The van der Waals surface area contributed by atoms with Crippen molar-refractivity contribution in [1.29, 1.82) is 0 Å². The van der Waals surface area contributed by atoms with Gasteiger partial charge in [0, 0.05) is 12.8 Å². The second kappa shape index (κ2) is 10.8. The summed E-state index contributed by atoms with van der Waals surface area (Å²) >= 11 is 0. The molecule has 0 saturated carbocycles. The molecular formula is C30H26FNO3. The van der Waals surface area contributed by atoms with Gasteiger partial charge in [-0.25, -0.2) is 9.18 Å². The molecule has 35 heavy (non-hydrogen) atoms. The summed E-state index contributed by atoms with van der Waals surface area (Å²) in [6.45, 7) is 0. The van der Waals surface area contributed by atoms with Crippen LogP contribution in [0.4, 0.5) is 4.39 Å². The van der Waals surface area contributed by atoms with Gasteiger partial charge < -0.3 is 10.4 Å². The van der Waals surface area contributed by atoms with Crippen molar-refractivity contribution >= 4 is 11.9 Å². The van der Waals surface area contributed by atoms with Crippen molar-refractivity contribution < 1.29 is 19.1 Å². The summed E-state index contributed by atoms with van der Waals surface area (Å²) in [5.74, 6) is -2.04. The van der Waals surface area contributed by atoms with Crippen LogP contribution in [0.25, 0.3) is 0 Å². The largest absolute Gasteiger partial charge is 0.480 e. The highest BCUT2D eigenvalue weighted by atomic mass is 19.1. The Morgan fingerprint density at radius 2 is 1.23 bits per heavy atom. The van der Waals surface area contributed by atoms with Crippen LogP contribution in [0, 0.1) is 5.82 Å². The second-order valence-corrected chi connectivity index (χ2v) is 8.47. The summed E-state index contributed by atoms with van der Waals surface area (Å²) in [6, 6.07) is 33.8. The van der Waals surface area contributed by atoms with E-state index in [2.05, 4.69) is 5.32 Å². The lowest BCUT2D eigenvalue weighted by Crippen LogP contribution is -2.45. The minimum Gasteiger partial charge on any atom is -0.480 e. The number of nitrogens with one attached hydrogen (secondary N) is 1. The van der Waals surface area contributed by atoms with Gasteiger partial charge in [0.15, 0.2) is 0 Å². The molecule has 176 valence electrons. The lowest BCUT2D eigenvalue weighted by atomic mass is 9.67. The lowest BCUT2D eigenvalue weighted by molar-refractivity contribution is -0.141. The fraction of sp³-hybridized carbons (Fsp3) is 0.133. The minimum absolute atomic E-state index is 0.00201. The Morgan fingerprint density at radius 1 is 0.743 bits per heavy atom. The van der Waals surface area contributed by atoms with E-state index in [0.29, 0.717) is 5.56 Å². The minimum atomic E-state index is -1.19. The SMILES string of the molecule is O=C(CC(c1ccccc1)(c1ccccc1)c1ccccc1)N[C@@H](Cc1cccc(F)c1)C(=O)O. The summed E-state index contributed by atoms with van der Waals surface area (Å²) in [4.78, 5) is 25.5. The first-order valence-corrected chi connectivity index (χ1v) is 11.4. The van der Waals surface area contributed by atoms with Crippen molar-refractivity contribution in [2.75, 3.05) is 0 Å². The molecule has 0 fully saturated rings. The summed E-state index contributed by atoms with van der Waals surface area (Å²) in [5.41, 5.74) is 2.42. The molecule has 0 aromatic heterocycles.